The van der Waals surface area contributed by atoms with E-state index in [4.69, 9.17) is 17.4 Å². The Morgan fingerprint density at radius 3 is 3.12 bits per heavy atom. The standard InChI is InChI=1S/C10H17ClN6/c1-17-4-2-3-7(6-17)14-9-8(11)5-13-10(15-9)16-12/h5,7H,2-4,6,12H2,1H3,(H2,13,14,15,16). The van der Waals surface area contributed by atoms with E-state index >= 15 is 0 Å². The number of likely N-dealkylation sites (tertiary alicyclic amines) is 1. The van der Waals surface area contributed by atoms with Crippen molar-refractivity contribution in [1.82, 2.24) is 14.9 Å². The molecule has 6 nitrogen and oxygen atoms in total. The topological polar surface area (TPSA) is 79.1 Å². The van der Waals surface area contributed by atoms with Gasteiger partial charge in [-0.1, -0.05) is 11.6 Å². The molecule has 2 heterocycles. The molecule has 0 saturated carbocycles. The van der Waals surface area contributed by atoms with E-state index in [9.17, 15) is 0 Å². The number of likely N-dealkylation sites (N-methyl/N-ethyl adjacent to an activating group) is 1. The normalized spacial score (nSPS) is 21.2. The zero-order valence-corrected chi connectivity index (χ0v) is 10.5. The molecule has 0 aliphatic carbocycles. The van der Waals surface area contributed by atoms with Crippen LogP contribution in [0.25, 0.3) is 0 Å². The van der Waals surface area contributed by atoms with Crippen LogP contribution in [0.5, 0.6) is 0 Å². The molecule has 17 heavy (non-hydrogen) atoms. The Kier molecular flexibility index (Phi) is 3.98. The third-order valence-corrected chi connectivity index (χ3v) is 3.12. The minimum absolute atomic E-state index is 0.362. The second kappa shape index (κ2) is 5.48. The van der Waals surface area contributed by atoms with Gasteiger partial charge in [-0.3, -0.25) is 5.43 Å². The lowest BCUT2D eigenvalue weighted by Crippen LogP contribution is -2.40. The van der Waals surface area contributed by atoms with Gasteiger partial charge in [-0.05, 0) is 26.4 Å². The second-order valence-corrected chi connectivity index (χ2v) is 4.69. The van der Waals surface area contributed by atoms with Gasteiger partial charge in [0.05, 0.1) is 6.20 Å². The summed E-state index contributed by atoms with van der Waals surface area (Å²) in [6.45, 7) is 2.14. The molecule has 1 unspecified atom stereocenters. The van der Waals surface area contributed by atoms with Crippen molar-refractivity contribution in [1.29, 1.82) is 0 Å². The van der Waals surface area contributed by atoms with Crippen LogP contribution >= 0.6 is 11.6 Å². The third-order valence-electron chi connectivity index (χ3n) is 2.84. The summed E-state index contributed by atoms with van der Waals surface area (Å²) in [7, 11) is 2.11. The first-order valence-corrected chi connectivity index (χ1v) is 6.01. The van der Waals surface area contributed by atoms with E-state index in [1.54, 1.807) is 6.20 Å². The number of hydrogen-bond donors (Lipinski definition) is 3. The summed E-state index contributed by atoms with van der Waals surface area (Å²) in [6, 6.07) is 0.367. The highest BCUT2D eigenvalue weighted by Gasteiger charge is 2.18. The quantitative estimate of drug-likeness (QED) is 0.551. The van der Waals surface area contributed by atoms with Gasteiger partial charge >= 0.3 is 0 Å². The molecule has 0 aromatic carbocycles. The highest BCUT2D eigenvalue weighted by atomic mass is 35.5. The minimum Gasteiger partial charge on any atom is -0.365 e. The molecule has 0 spiro atoms. The number of nitrogens with zero attached hydrogens (tertiary/aromatic N) is 3. The summed E-state index contributed by atoms with van der Waals surface area (Å²) in [4.78, 5) is 10.4. The minimum atomic E-state index is 0.362. The van der Waals surface area contributed by atoms with E-state index in [-0.39, 0.29) is 0 Å². The van der Waals surface area contributed by atoms with Crippen molar-refractivity contribution >= 4 is 23.4 Å². The van der Waals surface area contributed by atoms with Gasteiger partial charge in [0.25, 0.3) is 0 Å². The summed E-state index contributed by atoms with van der Waals surface area (Å²) >= 11 is 6.04. The number of nitrogens with two attached hydrogens (primary N) is 1. The van der Waals surface area contributed by atoms with Crippen molar-refractivity contribution in [3.05, 3.63) is 11.2 Å². The lowest BCUT2D eigenvalue weighted by molar-refractivity contribution is 0.261. The zero-order chi connectivity index (χ0) is 12.3. The Bertz CT molecular complexity index is 385. The summed E-state index contributed by atoms with van der Waals surface area (Å²) in [5.41, 5.74) is 2.41. The molecular weight excluding hydrogens is 240 g/mol. The number of halogens is 1. The third kappa shape index (κ3) is 3.18. The average Bonchev–Trinajstić information content (AvgIpc) is 2.32. The molecule has 1 aromatic rings. The molecule has 1 atom stereocenters. The highest BCUT2D eigenvalue weighted by Crippen LogP contribution is 2.22. The smallest absolute Gasteiger partial charge is 0.239 e. The fraction of sp³-hybridized carbons (Fsp3) is 0.600. The highest BCUT2D eigenvalue weighted by molar-refractivity contribution is 6.32. The van der Waals surface area contributed by atoms with Crippen LogP contribution in [0.15, 0.2) is 6.20 Å². The van der Waals surface area contributed by atoms with Crippen molar-refractivity contribution < 1.29 is 0 Å². The van der Waals surface area contributed by atoms with Crippen molar-refractivity contribution in [2.75, 3.05) is 30.9 Å². The number of nitrogens with one attached hydrogen (secondary N) is 2. The lowest BCUT2D eigenvalue weighted by Gasteiger charge is -2.30. The number of anilines is 2. The molecule has 0 radical (unpaired) electrons. The van der Waals surface area contributed by atoms with Gasteiger partial charge in [0.15, 0.2) is 5.82 Å². The zero-order valence-electron chi connectivity index (χ0n) is 9.78. The molecule has 7 heteroatoms. The number of nitrogen functional groups attached to an aromatic ring is 1. The maximum absolute atomic E-state index is 6.04. The van der Waals surface area contributed by atoms with Crippen molar-refractivity contribution in [3.63, 3.8) is 0 Å². The second-order valence-electron chi connectivity index (χ2n) is 4.28. The van der Waals surface area contributed by atoms with Gasteiger partial charge in [0, 0.05) is 12.6 Å². The number of hydrogen-bond acceptors (Lipinski definition) is 6. The Morgan fingerprint density at radius 2 is 2.41 bits per heavy atom. The van der Waals surface area contributed by atoms with Gasteiger partial charge in [-0.25, -0.2) is 10.8 Å². The van der Waals surface area contributed by atoms with Crippen molar-refractivity contribution in [2.45, 2.75) is 18.9 Å². The Labute approximate surface area is 106 Å². The summed E-state index contributed by atoms with van der Waals surface area (Å²) in [5.74, 6) is 6.27. The van der Waals surface area contributed by atoms with E-state index in [0.29, 0.717) is 22.8 Å². The molecule has 1 saturated heterocycles. The van der Waals surface area contributed by atoms with Crippen LogP contribution in [-0.2, 0) is 0 Å². The molecule has 1 aliphatic rings. The maximum atomic E-state index is 6.04. The van der Waals surface area contributed by atoms with Crippen LogP contribution in [0, 0.1) is 0 Å². The van der Waals surface area contributed by atoms with E-state index in [1.165, 1.54) is 6.42 Å². The molecule has 0 amide bonds. The average molecular weight is 257 g/mol. The number of piperidine rings is 1. The summed E-state index contributed by atoms with van der Waals surface area (Å²) in [5, 5.41) is 3.85. The molecule has 2 rings (SSSR count). The first kappa shape index (κ1) is 12.3. The fourth-order valence-corrected chi connectivity index (χ4v) is 2.16. The summed E-state index contributed by atoms with van der Waals surface area (Å²) < 4.78 is 0. The van der Waals surface area contributed by atoms with E-state index in [2.05, 4.69) is 32.7 Å². The first-order chi connectivity index (χ1) is 8.19. The van der Waals surface area contributed by atoms with Crippen LogP contribution in [-0.4, -0.2) is 41.0 Å². The van der Waals surface area contributed by atoms with Crippen molar-refractivity contribution in [3.8, 4) is 0 Å². The number of rotatable bonds is 3. The van der Waals surface area contributed by atoms with E-state index in [1.807, 2.05) is 0 Å². The monoisotopic (exact) mass is 256 g/mol. The van der Waals surface area contributed by atoms with E-state index in [0.717, 1.165) is 19.5 Å². The lowest BCUT2D eigenvalue weighted by atomic mass is 10.1. The SMILES string of the molecule is CN1CCCC(Nc2nc(NN)ncc2Cl)C1. The molecule has 94 valence electrons. The molecule has 0 bridgehead atoms. The molecule has 1 aliphatic heterocycles. The number of aromatic nitrogens is 2. The van der Waals surface area contributed by atoms with Crippen LogP contribution in [0.4, 0.5) is 11.8 Å². The first-order valence-electron chi connectivity index (χ1n) is 5.63. The summed E-state index contributed by atoms with van der Waals surface area (Å²) in [6.07, 6.45) is 3.84. The van der Waals surface area contributed by atoms with Crippen LogP contribution in [0.2, 0.25) is 5.02 Å². The molecule has 4 N–H and O–H groups in total. The van der Waals surface area contributed by atoms with Crippen LogP contribution in [0.3, 0.4) is 0 Å². The maximum Gasteiger partial charge on any atom is 0.239 e. The van der Waals surface area contributed by atoms with Crippen molar-refractivity contribution in [2.24, 2.45) is 5.84 Å². The fourth-order valence-electron chi connectivity index (χ4n) is 2.02. The van der Waals surface area contributed by atoms with Gasteiger partial charge in [-0.15, -0.1) is 0 Å². The van der Waals surface area contributed by atoms with Gasteiger partial charge in [0.1, 0.15) is 5.02 Å². The largest absolute Gasteiger partial charge is 0.365 e. The molecule has 1 fully saturated rings. The number of hydrazine groups is 1. The van der Waals surface area contributed by atoms with E-state index < -0.39 is 0 Å². The van der Waals surface area contributed by atoms with Gasteiger partial charge < -0.3 is 10.2 Å². The van der Waals surface area contributed by atoms with Gasteiger partial charge in [0.2, 0.25) is 5.95 Å². The van der Waals surface area contributed by atoms with Gasteiger partial charge in [-0.2, -0.15) is 4.98 Å². The molecular formula is C10H17ClN6. The Hall–Kier alpha value is -1.11. The van der Waals surface area contributed by atoms with Crippen LogP contribution < -0.4 is 16.6 Å². The predicted octanol–water partition coefficient (Wildman–Crippen LogP) is 0.922. The van der Waals surface area contributed by atoms with Crippen LogP contribution in [0.1, 0.15) is 12.8 Å². The Balaban J connectivity index is 2.06. The molecule has 1 aromatic heterocycles. The Morgan fingerprint density at radius 1 is 1.59 bits per heavy atom. The predicted molar refractivity (Wildman–Crippen MR) is 69.0 cm³/mol.